The molecule has 0 aromatic rings. The SMILES string of the molecule is CCN1CC(=O)N(C2CCCN2)C1=O. The van der Waals surface area contributed by atoms with Gasteiger partial charge >= 0.3 is 6.03 Å². The largest absolute Gasteiger partial charge is 0.328 e. The molecule has 0 aromatic carbocycles. The summed E-state index contributed by atoms with van der Waals surface area (Å²) in [6, 6.07) is -0.142. The van der Waals surface area contributed by atoms with Gasteiger partial charge in [0.1, 0.15) is 6.54 Å². The molecule has 1 atom stereocenters. The van der Waals surface area contributed by atoms with Gasteiger partial charge in [-0.25, -0.2) is 9.69 Å². The molecule has 2 saturated heterocycles. The zero-order chi connectivity index (χ0) is 10.1. The average molecular weight is 197 g/mol. The van der Waals surface area contributed by atoms with Gasteiger partial charge in [-0.1, -0.05) is 0 Å². The first-order valence-corrected chi connectivity index (χ1v) is 5.08. The number of nitrogens with one attached hydrogen (secondary N) is 1. The van der Waals surface area contributed by atoms with Gasteiger partial charge in [0.05, 0.1) is 6.17 Å². The zero-order valence-electron chi connectivity index (χ0n) is 8.32. The quantitative estimate of drug-likeness (QED) is 0.633. The fourth-order valence-corrected chi connectivity index (χ4v) is 2.01. The first-order chi connectivity index (χ1) is 6.74. The van der Waals surface area contributed by atoms with Crippen LogP contribution >= 0.6 is 0 Å². The van der Waals surface area contributed by atoms with E-state index in [-0.39, 0.29) is 24.6 Å². The lowest BCUT2D eigenvalue weighted by molar-refractivity contribution is -0.127. The third-order valence-corrected chi connectivity index (χ3v) is 2.80. The minimum atomic E-state index is -0.142. The second-order valence-electron chi connectivity index (χ2n) is 3.67. The average Bonchev–Trinajstić information content (AvgIpc) is 2.74. The normalized spacial score (nSPS) is 27.9. The highest BCUT2D eigenvalue weighted by atomic mass is 16.2. The summed E-state index contributed by atoms with van der Waals surface area (Å²) in [5.41, 5.74) is 0. The molecule has 78 valence electrons. The van der Waals surface area contributed by atoms with Crippen LogP contribution in [0.15, 0.2) is 0 Å². The third kappa shape index (κ3) is 1.37. The third-order valence-electron chi connectivity index (χ3n) is 2.80. The van der Waals surface area contributed by atoms with E-state index in [4.69, 9.17) is 0 Å². The highest BCUT2D eigenvalue weighted by molar-refractivity contribution is 6.02. The number of rotatable bonds is 2. The van der Waals surface area contributed by atoms with Gasteiger partial charge in [0.2, 0.25) is 0 Å². The summed E-state index contributed by atoms with van der Waals surface area (Å²) in [5.74, 6) is -0.0729. The van der Waals surface area contributed by atoms with Crippen molar-refractivity contribution in [3.63, 3.8) is 0 Å². The molecule has 2 rings (SSSR count). The number of carbonyl (C=O) groups is 2. The van der Waals surface area contributed by atoms with Crippen molar-refractivity contribution in [3.05, 3.63) is 0 Å². The molecule has 2 heterocycles. The Hall–Kier alpha value is -1.10. The summed E-state index contributed by atoms with van der Waals surface area (Å²) < 4.78 is 0. The van der Waals surface area contributed by atoms with Gasteiger partial charge in [-0.05, 0) is 26.3 Å². The van der Waals surface area contributed by atoms with Gasteiger partial charge in [0.25, 0.3) is 5.91 Å². The number of urea groups is 1. The molecule has 1 unspecified atom stereocenters. The van der Waals surface area contributed by atoms with E-state index in [2.05, 4.69) is 5.32 Å². The molecule has 0 saturated carbocycles. The Morgan fingerprint density at radius 2 is 2.29 bits per heavy atom. The van der Waals surface area contributed by atoms with Crippen molar-refractivity contribution in [3.8, 4) is 0 Å². The van der Waals surface area contributed by atoms with Crippen LogP contribution in [0.25, 0.3) is 0 Å². The van der Waals surface area contributed by atoms with E-state index >= 15 is 0 Å². The van der Waals surface area contributed by atoms with E-state index in [1.165, 1.54) is 4.90 Å². The van der Waals surface area contributed by atoms with Crippen LogP contribution in [0.1, 0.15) is 19.8 Å². The van der Waals surface area contributed by atoms with Crippen LogP contribution in [0.5, 0.6) is 0 Å². The standard InChI is InChI=1S/C9H15N3O2/c1-2-11-6-8(13)12(9(11)14)7-4-3-5-10-7/h7,10H,2-6H2,1H3. The summed E-state index contributed by atoms with van der Waals surface area (Å²) in [7, 11) is 0. The molecule has 5 heteroatoms. The lowest BCUT2D eigenvalue weighted by Gasteiger charge is -2.21. The summed E-state index contributed by atoms with van der Waals surface area (Å²) in [6.07, 6.45) is 1.86. The molecule has 0 aromatic heterocycles. The van der Waals surface area contributed by atoms with E-state index in [1.807, 2.05) is 6.92 Å². The van der Waals surface area contributed by atoms with E-state index in [9.17, 15) is 9.59 Å². The van der Waals surface area contributed by atoms with Crippen LogP contribution in [-0.4, -0.2) is 47.5 Å². The Morgan fingerprint density at radius 1 is 1.50 bits per heavy atom. The van der Waals surface area contributed by atoms with Crippen LogP contribution in [0.4, 0.5) is 4.79 Å². The van der Waals surface area contributed by atoms with Gasteiger partial charge in [0.15, 0.2) is 0 Å². The number of imide groups is 1. The number of hydrogen-bond acceptors (Lipinski definition) is 3. The molecule has 2 fully saturated rings. The molecule has 1 N–H and O–H groups in total. The van der Waals surface area contributed by atoms with Gasteiger partial charge in [-0.15, -0.1) is 0 Å². The van der Waals surface area contributed by atoms with Crippen LogP contribution in [0.2, 0.25) is 0 Å². The molecule has 3 amide bonds. The summed E-state index contributed by atoms with van der Waals surface area (Å²) >= 11 is 0. The number of carbonyl (C=O) groups excluding carboxylic acids is 2. The van der Waals surface area contributed by atoms with Gasteiger partial charge in [0, 0.05) is 6.54 Å². The Balaban J connectivity index is 2.10. The predicted octanol–water partition coefficient (Wildman–Crippen LogP) is -0.0200. The second kappa shape index (κ2) is 3.57. The highest BCUT2D eigenvalue weighted by Crippen LogP contribution is 2.18. The number of nitrogens with zero attached hydrogens (tertiary/aromatic N) is 2. The number of hydrogen-bond donors (Lipinski definition) is 1. The number of amides is 3. The van der Waals surface area contributed by atoms with Crippen molar-refractivity contribution in [1.29, 1.82) is 0 Å². The van der Waals surface area contributed by atoms with E-state index in [1.54, 1.807) is 4.90 Å². The van der Waals surface area contributed by atoms with Crippen LogP contribution < -0.4 is 5.32 Å². The van der Waals surface area contributed by atoms with E-state index in [0.717, 1.165) is 19.4 Å². The fourth-order valence-electron chi connectivity index (χ4n) is 2.01. The van der Waals surface area contributed by atoms with Crippen molar-refractivity contribution >= 4 is 11.9 Å². The molecular formula is C9H15N3O2. The van der Waals surface area contributed by atoms with E-state index < -0.39 is 0 Å². The second-order valence-corrected chi connectivity index (χ2v) is 3.67. The predicted molar refractivity (Wildman–Crippen MR) is 50.5 cm³/mol. The maximum absolute atomic E-state index is 11.7. The molecule has 0 aliphatic carbocycles. The monoisotopic (exact) mass is 197 g/mol. The van der Waals surface area contributed by atoms with Crippen molar-refractivity contribution in [2.45, 2.75) is 25.9 Å². The van der Waals surface area contributed by atoms with E-state index in [0.29, 0.717) is 6.54 Å². The van der Waals surface area contributed by atoms with Gasteiger partial charge in [-0.2, -0.15) is 0 Å². The van der Waals surface area contributed by atoms with Crippen molar-refractivity contribution in [1.82, 2.24) is 15.1 Å². The smallest absolute Gasteiger partial charge is 0.315 e. The van der Waals surface area contributed by atoms with Crippen LogP contribution in [0.3, 0.4) is 0 Å². The Kier molecular flexibility index (Phi) is 2.41. The summed E-state index contributed by atoms with van der Waals surface area (Å²) in [5, 5.41) is 3.16. The Bertz CT molecular complexity index is 261. The maximum atomic E-state index is 11.7. The molecule has 0 spiro atoms. The first-order valence-electron chi connectivity index (χ1n) is 5.08. The molecule has 0 radical (unpaired) electrons. The topological polar surface area (TPSA) is 52.7 Å². The molecular weight excluding hydrogens is 182 g/mol. The maximum Gasteiger partial charge on any atom is 0.328 e. The minimum Gasteiger partial charge on any atom is -0.315 e. The van der Waals surface area contributed by atoms with Crippen molar-refractivity contribution in [2.75, 3.05) is 19.6 Å². The van der Waals surface area contributed by atoms with Gasteiger partial charge in [-0.3, -0.25) is 10.1 Å². The molecule has 5 nitrogen and oxygen atoms in total. The zero-order valence-corrected chi connectivity index (χ0v) is 8.32. The molecule has 2 aliphatic heterocycles. The summed E-state index contributed by atoms with van der Waals surface area (Å²) in [6.45, 7) is 3.63. The lowest BCUT2D eigenvalue weighted by atomic mass is 10.3. The minimum absolute atomic E-state index is 0.0634. The Labute approximate surface area is 83.0 Å². The van der Waals surface area contributed by atoms with Crippen molar-refractivity contribution in [2.24, 2.45) is 0 Å². The van der Waals surface area contributed by atoms with Crippen LogP contribution in [-0.2, 0) is 4.79 Å². The molecule has 14 heavy (non-hydrogen) atoms. The lowest BCUT2D eigenvalue weighted by Crippen LogP contribution is -2.46. The van der Waals surface area contributed by atoms with Crippen LogP contribution in [0, 0.1) is 0 Å². The summed E-state index contributed by atoms with van der Waals surface area (Å²) in [4.78, 5) is 26.2. The Morgan fingerprint density at radius 3 is 2.79 bits per heavy atom. The number of likely N-dealkylation sites (N-methyl/N-ethyl adjacent to an activating group) is 1. The van der Waals surface area contributed by atoms with Crippen molar-refractivity contribution < 1.29 is 9.59 Å². The molecule has 2 aliphatic rings. The fraction of sp³-hybridized carbons (Fsp3) is 0.778. The van der Waals surface area contributed by atoms with Gasteiger partial charge < -0.3 is 4.90 Å². The first kappa shape index (κ1) is 9.45. The molecule has 0 bridgehead atoms. The highest BCUT2D eigenvalue weighted by Gasteiger charge is 2.40.